The summed E-state index contributed by atoms with van der Waals surface area (Å²) in [6, 6.07) is 10.9. The van der Waals surface area contributed by atoms with Gasteiger partial charge in [-0.1, -0.05) is 24.3 Å². The Morgan fingerprint density at radius 3 is 2.90 bits per heavy atom. The molecule has 0 radical (unpaired) electrons. The molecule has 1 atom stereocenters. The van der Waals surface area contributed by atoms with E-state index in [1.807, 2.05) is 12.3 Å². The molecule has 0 fully saturated rings. The van der Waals surface area contributed by atoms with Crippen LogP contribution in [0.5, 0.6) is 0 Å². The van der Waals surface area contributed by atoms with Crippen LogP contribution in [0.1, 0.15) is 17.5 Å². The van der Waals surface area contributed by atoms with Crippen LogP contribution in [0, 0.1) is 0 Å². The number of aromatic nitrogens is 1. The summed E-state index contributed by atoms with van der Waals surface area (Å²) in [6.45, 7) is 0.676. The van der Waals surface area contributed by atoms with Gasteiger partial charge < -0.3 is 10.5 Å². The molecule has 2 aromatic rings. The van der Waals surface area contributed by atoms with Gasteiger partial charge in [-0.25, -0.2) is 4.99 Å². The molecule has 0 unspecified atom stereocenters. The van der Waals surface area contributed by atoms with Crippen LogP contribution < -0.4 is 5.73 Å². The summed E-state index contributed by atoms with van der Waals surface area (Å²) in [5, 5.41) is 0. The standard InChI is InChI=1S/C17H17N3O/c18-16-20-11-17(21-16)7-6-15-12(9-17)3-1-5-14(15)13-4-2-8-19-10-13/h1-5,8,10H,6-7,9,11H2,(H2,18,20)/t17-/m1/s1. The van der Waals surface area contributed by atoms with Gasteiger partial charge in [0, 0.05) is 24.4 Å². The molecule has 0 bridgehead atoms. The molecular formula is C17H17N3O. The van der Waals surface area contributed by atoms with E-state index in [1.54, 1.807) is 6.20 Å². The summed E-state index contributed by atoms with van der Waals surface area (Å²) >= 11 is 0. The SMILES string of the molecule is NC1=NC[C@]2(CCc3c(cccc3-c3cccnc3)C2)O1. The molecule has 1 aliphatic heterocycles. The monoisotopic (exact) mass is 279 g/mol. The number of ether oxygens (including phenoxy) is 1. The molecule has 4 nitrogen and oxygen atoms in total. The molecule has 1 aromatic carbocycles. The van der Waals surface area contributed by atoms with Gasteiger partial charge in [-0.05, 0) is 35.6 Å². The predicted octanol–water partition coefficient (Wildman–Crippen LogP) is 2.32. The highest BCUT2D eigenvalue weighted by molar-refractivity contribution is 5.74. The lowest BCUT2D eigenvalue weighted by molar-refractivity contribution is 0.0704. The zero-order chi connectivity index (χ0) is 14.3. The summed E-state index contributed by atoms with van der Waals surface area (Å²) in [7, 11) is 0. The third-order valence-corrected chi connectivity index (χ3v) is 4.43. The molecular weight excluding hydrogens is 262 g/mol. The Hall–Kier alpha value is -2.36. The van der Waals surface area contributed by atoms with E-state index in [-0.39, 0.29) is 5.60 Å². The molecule has 1 spiro atoms. The maximum atomic E-state index is 5.81. The van der Waals surface area contributed by atoms with E-state index < -0.39 is 0 Å². The van der Waals surface area contributed by atoms with Crippen molar-refractivity contribution >= 4 is 6.02 Å². The van der Waals surface area contributed by atoms with Gasteiger partial charge >= 0.3 is 0 Å². The van der Waals surface area contributed by atoms with Crippen LogP contribution in [-0.2, 0) is 17.6 Å². The van der Waals surface area contributed by atoms with Crippen molar-refractivity contribution in [3.8, 4) is 11.1 Å². The first-order chi connectivity index (χ1) is 10.3. The highest BCUT2D eigenvalue weighted by Gasteiger charge is 2.40. The number of pyridine rings is 1. The normalized spacial score (nSPS) is 23.5. The second kappa shape index (κ2) is 4.58. The zero-order valence-electron chi connectivity index (χ0n) is 11.7. The van der Waals surface area contributed by atoms with E-state index in [9.17, 15) is 0 Å². The number of hydrogen-bond donors (Lipinski definition) is 1. The van der Waals surface area contributed by atoms with Crippen molar-refractivity contribution in [3.05, 3.63) is 53.9 Å². The van der Waals surface area contributed by atoms with Crippen molar-refractivity contribution in [2.45, 2.75) is 24.9 Å². The van der Waals surface area contributed by atoms with E-state index in [0.717, 1.165) is 19.3 Å². The number of nitrogens with two attached hydrogens (primary N) is 1. The highest BCUT2D eigenvalue weighted by atomic mass is 16.5. The third kappa shape index (κ3) is 2.07. The molecule has 0 amide bonds. The third-order valence-electron chi connectivity index (χ3n) is 4.43. The number of benzene rings is 1. The maximum Gasteiger partial charge on any atom is 0.282 e. The quantitative estimate of drug-likeness (QED) is 0.871. The van der Waals surface area contributed by atoms with Gasteiger partial charge in [0.2, 0.25) is 0 Å². The van der Waals surface area contributed by atoms with Gasteiger partial charge in [-0.15, -0.1) is 0 Å². The molecule has 0 saturated heterocycles. The molecule has 1 aromatic heterocycles. The van der Waals surface area contributed by atoms with Crippen LogP contribution in [0.2, 0.25) is 0 Å². The maximum absolute atomic E-state index is 5.81. The first kappa shape index (κ1) is 12.4. The molecule has 2 heterocycles. The van der Waals surface area contributed by atoms with Crippen molar-refractivity contribution < 1.29 is 4.74 Å². The summed E-state index contributed by atoms with van der Waals surface area (Å²) < 4.78 is 5.81. The van der Waals surface area contributed by atoms with Crippen LogP contribution in [-0.4, -0.2) is 23.2 Å². The summed E-state index contributed by atoms with van der Waals surface area (Å²) in [5.41, 5.74) is 10.7. The lowest BCUT2D eigenvalue weighted by Crippen LogP contribution is -2.40. The number of aliphatic imine (C=N–C) groups is 1. The lowest BCUT2D eigenvalue weighted by Gasteiger charge is -2.34. The van der Waals surface area contributed by atoms with Crippen molar-refractivity contribution in [3.63, 3.8) is 0 Å². The van der Waals surface area contributed by atoms with Crippen LogP contribution >= 0.6 is 0 Å². The van der Waals surface area contributed by atoms with Crippen LogP contribution in [0.25, 0.3) is 11.1 Å². The molecule has 21 heavy (non-hydrogen) atoms. The number of fused-ring (bicyclic) bond motifs is 1. The first-order valence-corrected chi connectivity index (χ1v) is 7.26. The van der Waals surface area contributed by atoms with Crippen molar-refractivity contribution in [2.24, 2.45) is 10.7 Å². The van der Waals surface area contributed by atoms with Crippen LogP contribution in [0.4, 0.5) is 0 Å². The Labute approximate surface area is 123 Å². The fourth-order valence-corrected chi connectivity index (χ4v) is 3.41. The molecule has 4 rings (SSSR count). The topological polar surface area (TPSA) is 60.5 Å². The van der Waals surface area contributed by atoms with E-state index in [4.69, 9.17) is 10.5 Å². The predicted molar refractivity (Wildman–Crippen MR) is 82.0 cm³/mol. The largest absolute Gasteiger partial charge is 0.456 e. The summed E-state index contributed by atoms with van der Waals surface area (Å²) in [4.78, 5) is 8.46. The molecule has 2 N–H and O–H groups in total. The van der Waals surface area contributed by atoms with Gasteiger partial charge in [0.15, 0.2) is 0 Å². The molecule has 4 heteroatoms. The smallest absolute Gasteiger partial charge is 0.282 e. The van der Waals surface area contributed by atoms with Gasteiger partial charge in [0.1, 0.15) is 5.60 Å². The number of rotatable bonds is 1. The second-order valence-corrected chi connectivity index (χ2v) is 5.80. The number of nitrogens with zero attached hydrogens (tertiary/aromatic N) is 2. The van der Waals surface area contributed by atoms with Gasteiger partial charge in [0.05, 0.1) is 6.54 Å². The average Bonchev–Trinajstić information content (AvgIpc) is 2.88. The zero-order valence-corrected chi connectivity index (χ0v) is 11.7. The van der Waals surface area contributed by atoms with Crippen molar-refractivity contribution in [1.29, 1.82) is 0 Å². The van der Waals surface area contributed by atoms with Gasteiger partial charge in [0.25, 0.3) is 6.02 Å². The molecule has 106 valence electrons. The van der Waals surface area contributed by atoms with E-state index in [0.29, 0.717) is 12.6 Å². The lowest BCUT2D eigenvalue weighted by atomic mass is 9.78. The second-order valence-electron chi connectivity index (χ2n) is 5.80. The number of amidine groups is 1. The van der Waals surface area contributed by atoms with Crippen molar-refractivity contribution in [2.75, 3.05) is 6.54 Å². The van der Waals surface area contributed by atoms with Gasteiger partial charge in [-0.2, -0.15) is 0 Å². The van der Waals surface area contributed by atoms with Crippen molar-refractivity contribution in [1.82, 2.24) is 4.98 Å². The highest BCUT2D eigenvalue weighted by Crippen LogP contribution is 2.38. The van der Waals surface area contributed by atoms with E-state index >= 15 is 0 Å². The van der Waals surface area contributed by atoms with E-state index in [2.05, 4.69) is 34.2 Å². The Morgan fingerprint density at radius 2 is 2.14 bits per heavy atom. The van der Waals surface area contributed by atoms with E-state index in [1.165, 1.54) is 22.3 Å². The van der Waals surface area contributed by atoms with Gasteiger partial charge in [-0.3, -0.25) is 4.98 Å². The Balaban J connectivity index is 1.72. The number of hydrogen-bond acceptors (Lipinski definition) is 4. The first-order valence-electron chi connectivity index (χ1n) is 7.26. The van der Waals surface area contributed by atoms with Crippen LogP contribution in [0.15, 0.2) is 47.7 Å². The minimum atomic E-state index is -0.218. The molecule has 2 aliphatic rings. The molecule has 1 aliphatic carbocycles. The minimum absolute atomic E-state index is 0.218. The molecule has 0 saturated carbocycles. The summed E-state index contributed by atoms with van der Waals surface area (Å²) in [6.07, 6.45) is 6.55. The Kier molecular flexibility index (Phi) is 2.70. The average molecular weight is 279 g/mol. The Morgan fingerprint density at radius 1 is 1.19 bits per heavy atom. The summed E-state index contributed by atoms with van der Waals surface area (Å²) in [5.74, 6) is 0. The Bertz CT molecular complexity index is 711. The van der Waals surface area contributed by atoms with Crippen LogP contribution in [0.3, 0.4) is 0 Å². The fourth-order valence-electron chi connectivity index (χ4n) is 3.41. The fraction of sp³-hybridized carbons (Fsp3) is 0.294. The minimum Gasteiger partial charge on any atom is -0.456 e.